The third-order valence-corrected chi connectivity index (χ3v) is 12.4. The Morgan fingerprint density at radius 1 is 1.00 bits per heavy atom. The zero-order chi connectivity index (χ0) is 35.1. The maximum Gasteiger partial charge on any atom is 0.268 e. The molecule has 10 heteroatoms. The van der Waals surface area contributed by atoms with Crippen molar-refractivity contribution in [1.82, 2.24) is 13.5 Å². The Morgan fingerprint density at radius 3 is 2.37 bits per heavy atom. The van der Waals surface area contributed by atoms with E-state index in [0.29, 0.717) is 57.5 Å². The molecule has 6 aromatic rings. The van der Waals surface area contributed by atoms with Gasteiger partial charge in [0.2, 0.25) is 0 Å². The zero-order valence-corrected chi connectivity index (χ0v) is 30.7. The summed E-state index contributed by atoms with van der Waals surface area (Å²) in [6.45, 7) is 13.5. The number of hydrogen-bond donors (Lipinski definition) is 1. The highest BCUT2D eigenvalue weighted by atomic mass is 32.2. The second-order valence-electron chi connectivity index (χ2n) is 13.8. The quantitative estimate of drug-likeness (QED) is 0.108. The van der Waals surface area contributed by atoms with Crippen LogP contribution < -0.4 is 0 Å². The molecular weight excluding hydrogens is 649 g/mol. The lowest BCUT2D eigenvalue weighted by molar-refractivity contribution is 0.0815. The molecule has 0 spiro atoms. The number of aliphatic hydroxyl groups is 1. The number of benzene rings is 4. The highest BCUT2D eigenvalue weighted by Crippen LogP contribution is 2.43. The SMILES string of the molecule is CCc1cc(C)c2c(c(-c3ccccc3)cn2S(=O)(=O)c2ccc(C)cc2)c1C(O)c1nc2ccc(C#N)cc2n1COCC[Si](C)(C)C. The molecule has 6 rings (SSSR count). The number of nitrogens with zero attached hydrogens (tertiary/aromatic N) is 4. The summed E-state index contributed by atoms with van der Waals surface area (Å²) >= 11 is 0. The molecule has 0 saturated carbocycles. The molecule has 0 aliphatic rings. The number of aromatic nitrogens is 3. The van der Waals surface area contributed by atoms with Crippen molar-refractivity contribution in [2.75, 3.05) is 6.61 Å². The summed E-state index contributed by atoms with van der Waals surface area (Å²) in [6, 6.07) is 26.9. The molecule has 49 heavy (non-hydrogen) atoms. The third kappa shape index (κ3) is 6.59. The summed E-state index contributed by atoms with van der Waals surface area (Å²) in [5.74, 6) is 0.367. The van der Waals surface area contributed by atoms with Crippen LogP contribution in [0.4, 0.5) is 0 Å². The predicted molar refractivity (Wildman–Crippen MR) is 198 cm³/mol. The van der Waals surface area contributed by atoms with Gasteiger partial charge in [-0.1, -0.05) is 80.7 Å². The van der Waals surface area contributed by atoms with E-state index in [1.807, 2.05) is 61.7 Å². The monoisotopic (exact) mass is 690 g/mol. The minimum absolute atomic E-state index is 0.146. The molecule has 2 aromatic heterocycles. The molecule has 4 aromatic carbocycles. The summed E-state index contributed by atoms with van der Waals surface area (Å²) in [5, 5.41) is 22.9. The van der Waals surface area contributed by atoms with E-state index in [4.69, 9.17) is 9.72 Å². The number of imidazole rings is 1. The van der Waals surface area contributed by atoms with Crippen LogP contribution in [0.5, 0.6) is 0 Å². The van der Waals surface area contributed by atoms with Gasteiger partial charge in [0.05, 0.1) is 33.1 Å². The first-order valence-corrected chi connectivity index (χ1v) is 21.7. The van der Waals surface area contributed by atoms with Crippen LogP contribution in [0.1, 0.15) is 46.7 Å². The number of aryl methyl sites for hydroxylation is 3. The number of hydrogen-bond acceptors (Lipinski definition) is 6. The summed E-state index contributed by atoms with van der Waals surface area (Å²) in [4.78, 5) is 5.10. The van der Waals surface area contributed by atoms with Crippen LogP contribution in [0.15, 0.2) is 90.0 Å². The van der Waals surface area contributed by atoms with Crippen molar-refractivity contribution in [3.05, 3.63) is 119 Å². The van der Waals surface area contributed by atoms with Gasteiger partial charge >= 0.3 is 0 Å². The Morgan fingerprint density at radius 2 is 1.71 bits per heavy atom. The van der Waals surface area contributed by atoms with Crippen LogP contribution >= 0.6 is 0 Å². The van der Waals surface area contributed by atoms with Gasteiger partial charge in [-0.3, -0.25) is 0 Å². The van der Waals surface area contributed by atoms with Crippen LogP contribution in [-0.4, -0.2) is 41.7 Å². The van der Waals surface area contributed by atoms with Crippen molar-refractivity contribution in [3.63, 3.8) is 0 Å². The number of nitriles is 1. The minimum Gasteiger partial charge on any atom is -0.380 e. The van der Waals surface area contributed by atoms with E-state index in [9.17, 15) is 18.8 Å². The standard InChI is InChI=1S/C39H42N4O4SSi/c1-7-29-21-27(3)37-36(32(30-11-9-8-10-12-30)24-43(37)48(45,46)31-16-13-26(2)14-17-31)35(29)38(44)39-41-33-18-15-28(23-40)22-34(33)42(39)25-47-19-20-49(4,5)6/h8-18,21-22,24,38,44H,7,19-20,25H2,1-6H3. The number of ether oxygens (including phenoxy) is 1. The fourth-order valence-corrected chi connectivity index (χ4v) is 8.55. The van der Waals surface area contributed by atoms with Crippen molar-refractivity contribution in [3.8, 4) is 17.2 Å². The molecule has 8 nitrogen and oxygen atoms in total. The minimum atomic E-state index is -4.02. The van der Waals surface area contributed by atoms with Crippen LogP contribution in [-0.2, 0) is 27.9 Å². The second-order valence-corrected chi connectivity index (χ2v) is 21.3. The molecule has 2 heterocycles. The zero-order valence-electron chi connectivity index (χ0n) is 28.9. The molecule has 0 fully saturated rings. The van der Waals surface area contributed by atoms with Gasteiger partial charge < -0.3 is 14.4 Å². The maximum absolute atomic E-state index is 14.4. The van der Waals surface area contributed by atoms with Crippen LogP contribution in [0.3, 0.4) is 0 Å². The maximum atomic E-state index is 14.4. The fraction of sp³-hybridized carbons (Fsp3) is 0.282. The van der Waals surface area contributed by atoms with Crippen LogP contribution in [0, 0.1) is 25.2 Å². The molecule has 0 aliphatic carbocycles. The van der Waals surface area contributed by atoms with Gasteiger partial charge in [0.25, 0.3) is 10.0 Å². The van der Waals surface area contributed by atoms with Crippen LogP contribution in [0.25, 0.3) is 33.1 Å². The lowest BCUT2D eigenvalue weighted by atomic mass is 9.90. The largest absolute Gasteiger partial charge is 0.380 e. The van der Waals surface area contributed by atoms with E-state index in [-0.39, 0.29) is 11.6 Å². The number of aliphatic hydroxyl groups excluding tert-OH is 1. The van der Waals surface area contributed by atoms with Crippen molar-refractivity contribution in [2.24, 2.45) is 0 Å². The van der Waals surface area contributed by atoms with E-state index in [1.165, 1.54) is 3.97 Å². The second kappa shape index (κ2) is 13.4. The Balaban J connectivity index is 1.62. The molecule has 1 N–H and O–H groups in total. The molecule has 0 aliphatic heterocycles. The highest BCUT2D eigenvalue weighted by Gasteiger charge is 2.31. The summed E-state index contributed by atoms with van der Waals surface area (Å²) in [7, 11) is -5.37. The normalized spacial score (nSPS) is 12.9. The molecular formula is C39H42N4O4SSi. The van der Waals surface area contributed by atoms with E-state index in [2.05, 4.69) is 25.7 Å². The summed E-state index contributed by atoms with van der Waals surface area (Å²) < 4.78 is 38.1. The van der Waals surface area contributed by atoms with E-state index in [1.54, 1.807) is 48.7 Å². The molecule has 0 radical (unpaired) electrons. The smallest absolute Gasteiger partial charge is 0.268 e. The molecule has 0 amide bonds. The average Bonchev–Trinajstić information content (AvgIpc) is 3.66. The Kier molecular flexibility index (Phi) is 9.39. The number of fused-ring (bicyclic) bond motifs is 2. The average molecular weight is 691 g/mol. The van der Waals surface area contributed by atoms with Gasteiger partial charge in [-0.25, -0.2) is 17.4 Å². The molecule has 1 unspecified atom stereocenters. The van der Waals surface area contributed by atoms with Gasteiger partial charge in [0, 0.05) is 37.4 Å². The topological polar surface area (TPSA) is 110 Å². The Labute approximate surface area is 289 Å². The van der Waals surface area contributed by atoms with Crippen molar-refractivity contribution >= 4 is 40.0 Å². The van der Waals surface area contributed by atoms with Gasteiger partial charge in [0.1, 0.15) is 18.7 Å². The first-order chi connectivity index (χ1) is 23.3. The van der Waals surface area contributed by atoms with Crippen molar-refractivity contribution in [1.29, 1.82) is 5.26 Å². The molecule has 0 bridgehead atoms. The summed E-state index contributed by atoms with van der Waals surface area (Å²) in [5.41, 5.74) is 7.05. The fourth-order valence-electron chi connectivity index (χ4n) is 6.37. The van der Waals surface area contributed by atoms with Crippen molar-refractivity contribution < 1.29 is 18.3 Å². The van der Waals surface area contributed by atoms with Gasteiger partial charge in [-0.15, -0.1) is 0 Å². The van der Waals surface area contributed by atoms with E-state index < -0.39 is 24.2 Å². The first kappa shape index (κ1) is 34.3. The van der Waals surface area contributed by atoms with Gasteiger partial charge in [-0.05, 0) is 73.3 Å². The number of rotatable bonds is 11. The van der Waals surface area contributed by atoms with Crippen molar-refractivity contribution in [2.45, 2.75) is 70.6 Å². The summed E-state index contributed by atoms with van der Waals surface area (Å²) in [6.07, 6.45) is 1.04. The Hall–Kier alpha value is -4.53. The van der Waals surface area contributed by atoms with E-state index in [0.717, 1.165) is 28.3 Å². The highest BCUT2D eigenvalue weighted by molar-refractivity contribution is 7.90. The third-order valence-electron chi connectivity index (χ3n) is 9.04. The van der Waals surface area contributed by atoms with E-state index >= 15 is 0 Å². The predicted octanol–water partition coefficient (Wildman–Crippen LogP) is 8.34. The van der Waals surface area contributed by atoms with Gasteiger partial charge in [-0.2, -0.15) is 5.26 Å². The van der Waals surface area contributed by atoms with Crippen LogP contribution in [0.2, 0.25) is 25.7 Å². The Bertz CT molecular complexity index is 2310. The molecule has 252 valence electrons. The van der Waals surface area contributed by atoms with Gasteiger partial charge in [0.15, 0.2) is 0 Å². The molecule has 0 saturated heterocycles. The lowest BCUT2D eigenvalue weighted by Gasteiger charge is -2.21. The molecule has 1 atom stereocenters. The lowest BCUT2D eigenvalue weighted by Crippen LogP contribution is -2.22. The first-order valence-electron chi connectivity index (χ1n) is 16.5.